The molecule has 4 N–H and O–H groups in total. The Bertz CT molecular complexity index is 1220. The number of hydrogen-bond donors (Lipinski definition) is 2. The van der Waals surface area contributed by atoms with E-state index in [1.165, 1.54) is 36.4 Å². The predicted molar refractivity (Wildman–Crippen MR) is 111 cm³/mol. The second kappa shape index (κ2) is 7.96. The Hall–Kier alpha value is -3.94. The SMILES string of the molecule is Nc1ccc(-c2ccc(N)cc2-c2cc(F)c(F)c(F)c2)c(-c2cc(F)c(F)c(F)c2)c1. The van der Waals surface area contributed by atoms with E-state index in [0.717, 1.165) is 24.3 Å². The van der Waals surface area contributed by atoms with Crippen LogP contribution in [0.2, 0.25) is 0 Å². The molecule has 0 aromatic heterocycles. The lowest BCUT2D eigenvalue weighted by atomic mass is 9.88. The van der Waals surface area contributed by atoms with Crippen LogP contribution in [0, 0.1) is 34.9 Å². The second-order valence-electron chi connectivity index (χ2n) is 7.12. The standard InChI is InChI=1S/C24H14F6N2/c25-19-5-11(6-20(26)23(19)29)17-9-13(31)1-3-15(17)16-4-2-14(32)10-18(16)12-7-21(27)24(30)22(28)8-12/h1-10H,31-32H2. The first-order valence-corrected chi connectivity index (χ1v) is 9.25. The van der Waals surface area contributed by atoms with E-state index < -0.39 is 34.9 Å². The van der Waals surface area contributed by atoms with E-state index in [4.69, 9.17) is 11.5 Å². The summed E-state index contributed by atoms with van der Waals surface area (Å²) in [6, 6.07) is 12.2. The molecule has 32 heavy (non-hydrogen) atoms. The number of nitrogen functional groups attached to an aromatic ring is 2. The van der Waals surface area contributed by atoms with Crippen LogP contribution in [0.3, 0.4) is 0 Å². The van der Waals surface area contributed by atoms with Crippen molar-refractivity contribution in [2.75, 3.05) is 11.5 Å². The van der Waals surface area contributed by atoms with Crippen LogP contribution in [0.25, 0.3) is 33.4 Å². The molecule has 0 aliphatic carbocycles. The maximum atomic E-state index is 13.9. The van der Waals surface area contributed by atoms with E-state index in [-0.39, 0.29) is 33.6 Å². The minimum absolute atomic E-state index is 0.0112. The molecular weight excluding hydrogens is 430 g/mol. The largest absolute Gasteiger partial charge is 0.399 e. The van der Waals surface area contributed by atoms with E-state index in [0.29, 0.717) is 11.1 Å². The van der Waals surface area contributed by atoms with Gasteiger partial charge in [0.05, 0.1) is 0 Å². The van der Waals surface area contributed by atoms with E-state index in [1.54, 1.807) is 0 Å². The van der Waals surface area contributed by atoms with Gasteiger partial charge in [0.2, 0.25) is 0 Å². The Morgan fingerprint density at radius 3 is 1.03 bits per heavy atom. The molecule has 0 heterocycles. The van der Waals surface area contributed by atoms with E-state index in [1.807, 2.05) is 0 Å². The van der Waals surface area contributed by atoms with Crippen molar-refractivity contribution in [3.8, 4) is 33.4 Å². The van der Waals surface area contributed by atoms with Gasteiger partial charge in [-0.1, -0.05) is 12.1 Å². The van der Waals surface area contributed by atoms with Gasteiger partial charge in [0.25, 0.3) is 0 Å². The Kier molecular flexibility index (Phi) is 5.30. The zero-order valence-electron chi connectivity index (χ0n) is 16.2. The van der Waals surface area contributed by atoms with Gasteiger partial charge in [0.15, 0.2) is 34.9 Å². The normalized spacial score (nSPS) is 11.1. The van der Waals surface area contributed by atoms with E-state index >= 15 is 0 Å². The molecule has 0 saturated carbocycles. The number of anilines is 2. The third-order valence-corrected chi connectivity index (χ3v) is 4.97. The smallest absolute Gasteiger partial charge is 0.194 e. The van der Waals surface area contributed by atoms with Crippen LogP contribution in [0.15, 0.2) is 60.7 Å². The molecule has 162 valence electrons. The van der Waals surface area contributed by atoms with Crippen molar-refractivity contribution >= 4 is 11.4 Å². The van der Waals surface area contributed by atoms with Crippen molar-refractivity contribution in [2.24, 2.45) is 0 Å². The Morgan fingerprint density at radius 1 is 0.406 bits per heavy atom. The average molecular weight is 444 g/mol. The minimum atomic E-state index is -1.62. The lowest BCUT2D eigenvalue weighted by Crippen LogP contribution is -1.97. The Labute approximate surface area is 178 Å². The van der Waals surface area contributed by atoms with Gasteiger partial charge in [0, 0.05) is 11.4 Å². The summed E-state index contributed by atoms with van der Waals surface area (Å²) in [7, 11) is 0. The Morgan fingerprint density at radius 2 is 0.719 bits per heavy atom. The fourth-order valence-corrected chi connectivity index (χ4v) is 3.49. The number of benzene rings is 4. The van der Waals surface area contributed by atoms with Crippen LogP contribution >= 0.6 is 0 Å². The molecule has 0 saturated heterocycles. The zero-order chi connectivity index (χ0) is 23.2. The topological polar surface area (TPSA) is 52.0 Å². The van der Waals surface area contributed by atoms with Crippen LogP contribution in [0.4, 0.5) is 37.7 Å². The minimum Gasteiger partial charge on any atom is -0.399 e. The third kappa shape index (κ3) is 3.75. The van der Waals surface area contributed by atoms with Gasteiger partial charge in [-0.25, -0.2) is 26.3 Å². The first kappa shape index (κ1) is 21.3. The maximum Gasteiger partial charge on any atom is 0.194 e. The summed E-state index contributed by atoms with van der Waals surface area (Å²) < 4.78 is 82.6. The molecule has 2 nitrogen and oxygen atoms in total. The highest BCUT2D eigenvalue weighted by Crippen LogP contribution is 2.41. The summed E-state index contributed by atoms with van der Waals surface area (Å²) in [5.41, 5.74) is 13.4. The first-order valence-electron chi connectivity index (χ1n) is 9.25. The molecule has 0 fully saturated rings. The van der Waals surface area contributed by atoms with Gasteiger partial charge in [-0.3, -0.25) is 0 Å². The van der Waals surface area contributed by atoms with Crippen LogP contribution < -0.4 is 11.5 Å². The van der Waals surface area contributed by atoms with Crippen molar-refractivity contribution < 1.29 is 26.3 Å². The van der Waals surface area contributed by atoms with Crippen LogP contribution in [0.5, 0.6) is 0 Å². The monoisotopic (exact) mass is 444 g/mol. The predicted octanol–water partition coefficient (Wildman–Crippen LogP) is 6.69. The van der Waals surface area contributed by atoms with Crippen molar-refractivity contribution in [1.82, 2.24) is 0 Å². The highest BCUT2D eigenvalue weighted by Gasteiger charge is 2.19. The molecule has 0 spiro atoms. The van der Waals surface area contributed by atoms with Crippen molar-refractivity contribution in [3.05, 3.63) is 95.6 Å². The summed E-state index contributed by atoms with van der Waals surface area (Å²) in [6.07, 6.45) is 0. The van der Waals surface area contributed by atoms with Crippen molar-refractivity contribution in [1.29, 1.82) is 0 Å². The lowest BCUT2D eigenvalue weighted by Gasteiger charge is -2.17. The zero-order valence-corrected chi connectivity index (χ0v) is 16.2. The van der Waals surface area contributed by atoms with Gasteiger partial charge in [-0.2, -0.15) is 0 Å². The third-order valence-electron chi connectivity index (χ3n) is 4.97. The number of rotatable bonds is 3. The van der Waals surface area contributed by atoms with E-state index in [9.17, 15) is 26.3 Å². The van der Waals surface area contributed by atoms with Gasteiger partial charge in [-0.15, -0.1) is 0 Å². The number of halogens is 6. The Balaban J connectivity index is 2.01. The molecule has 0 bridgehead atoms. The van der Waals surface area contributed by atoms with Crippen LogP contribution in [-0.2, 0) is 0 Å². The molecule has 0 unspecified atom stereocenters. The molecule has 0 radical (unpaired) electrons. The maximum absolute atomic E-state index is 13.9. The highest BCUT2D eigenvalue weighted by atomic mass is 19.2. The highest BCUT2D eigenvalue weighted by molar-refractivity contribution is 5.93. The first-order chi connectivity index (χ1) is 15.2. The summed E-state index contributed by atoms with van der Waals surface area (Å²) >= 11 is 0. The average Bonchev–Trinajstić information content (AvgIpc) is 2.75. The number of hydrogen-bond acceptors (Lipinski definition) is 2. The quantitative estimate of drug-likeness (QED) is 0.210. The summed E-state index contributed by atoms with van der Waals surface area (Å²) in [4.78, 5) is 0. The molecule has 8 heteroatoms. The molecule has 4 rings (SSSR count). The summed E-state index contributed by atoms with van der Waals surface area (Å²) in [5.74, 6) is -8.82. The molecule has 0 amide bonds. The molecule has 0 atom stereocenters. The fraction of sp³-hybridized carbons (Fsp3) is 0. The van der Waals surface area contributed by atoms with Crippen LogP contribution in [0.1, 0.15) is 0 Å². The molecule has 0 aliphatic rings. The van der Waals surface area contributed by atoms with Gasteiger partial charge in [-0.05, 0) is 81.9 Å². The number of nitrogens with two attached hydrogens (primary N) is 2. The molecule has 4 aromatic rings. The van der Waals surface area contributed by atoms with E-state index in [2.05, 4.69) is 0 Å². The van der Waals surface area contributed by atoms with Crippen molar-refractivity contribution in [2.45, 2.75) is 0 Å². The van der Waals surface area contributed by atoms with Crippen molar-refractivity contribution in [3.63, 3.8) is 0 Å². The van der Waals surface area contributed by atoms with Gasteiger partial charge in [0.1, 0.15) is 0 Å². The summed E-state index contributed by atoms with van der Waals surface area (Å²) in [5, 5.41) is 0. The second-order valence-corrected chi connectivity index (χ2v) is 7.12. The fourth-order valence-electron chi connectivity index (χ4n) is 3.49. The molecule has 4 aromatic carbocycles. The summed E-state index contributed by atoms with van der Waals surface area (Å²) in [6.45, 7) is 0. The molecule has 0 aliphatic heterocycles. The van der Waals surface area contributed by atoms with Gasteiger partial charge >= 0.3 is 0 Å². The molecular formula is C24H14F6N2. The van der Waals surface area contributed by atoms with Gasteiger partial charge < -0.3 is 11.5 Å². The van der Waals surface area contributed by atoms with Crippen LogP contribution in [-0.4, -0.2) is 0 Å². The lowest BCUT2D eigenvalue weighted by molar-refractivity contribution is 0.447.